The predicted molar refractivity (Wildman–Crippen MR) is 76.8 cm³/mol. The second kappa shape index (κ2) is 7.43. The van der Waals surface area contributed by atoms with E-state index in [1.807, 2.05) is 20.8 Å². The molecule has 0 radical (unpaired) electrons. The normalized spacial score (nSPS) is 22.3. The Hall–Kier alpha value is -1.59. The number of alkyl carbamates (subject to hydrolysis) is 1. The zero-order valence-electron chi connectivity index (χ0n) is 13.2. The van der Waals surface area contributed by atoms with Crippen molar-refractivity contribution in [2.45, 2.75) is 64.5 Å². The number of ketones is 1. The molecule has 1 aliphatic rings. The van der Waals surface area contributed by atoms with E-state index in [0.717, 1.165) is 12.8 Å². The van der Waals surface area contributed by atoms with Gasteiger partial charge in [0.05, 0.1) is 7.11 Å². The summed E-state index contributed by atoms with van der Waals surface area (Å²) in [6, 6.07) is 0.0297. The zero-order chi connectivity index (χ0) is 16.0. The van der Waals surface area contributed by atoms with Crippen molar-refractivity contribution in [3.63, 3.8) is 0 Å². The van der Waals surface area contributed by atoms with Crippen LogP contribution in [0.1, 0.15) is 52.9 Å². The molecule has 1 fully saturated rings. The van der Waals surface area contributed by atoms with Gasteiger partial charge in [0.1, 0.15) is 17.8 Å². The quantitative estimate of drug-likeness (QED) is 0.635. The molecule has 0 atom stereocenters. The van der Waals surface area contributed by atoms with E-state index in [1.54, 1.807) is 0 Å². The molecule has 120 valence electrons. The van der Waals surface area contributed by atoms with Gasteiger partial charge in [0.2, 0.25) is 0 Å². The highest BCUT2D eigenvalue weighted by Crippen LogP contribution is 2.26. The van der Waals surface area contributed by atoms with Gasteiger partial charge in [-0.1, -0.05) is 0 Å². The third kappa shape index (κ3) is 6.60. The van der Waals surface area contributed by atoms with Crippen molar-refractivity contribution in [2.24, 2.45) is 5.92 Å². The largest absolute Gasteiger partial charge is 0.469 e. The van der Waals surface area contributed by atoms with Gasteiger partial charge in [-0.3, -0.25) is 9.59 Å². The lowest BCUT2D eigenvalue weighted by atomic mass is 9.82. The van der Waals surface area contributed by atoms with Crippen LogP contribution in [-0.2, 0) is 19.1 Å². The van der Waals surface area contributed by atoms with Crippen molar-refractivity contribution < 1.29 is 23.9 Å². The zero-order valence-corrected chi connectivity index (χ0v) is 13.2. The first-order valence-electron chi connectivity index (χ1n) is 7.30. The molecule has 0 spiro atoms. The summed E-state index contributed by atoms with van der Waals surface area (Å²) in [5, 5.41) is 2.82. The van der Waals surface area contributed by atoms with E-state index >= 15 is 0 Å². The van der Waals surface area contributed by atoms with Gasteiger partial charge in [-0.25, -0.2) is 4.79 Å². The minimum atomic E-state index is -0.516. The number of rotatable bonds is 4. The standard InChI is InChI=1S/C15H25NO5/c1-15(2,3)21-14(19)16-11-7-5-10(6-8-11)12(17)9-13(18)20-4/h10-11H,5-9H2,1-4H3,(H,16,19). The van der Waals surface area contributed by atoms with Gasteiger partial charge in [0.25, 0.3) is 0 Å². The van der Waals surface area contributed by atoms with E-state index in [1.165, 1.54) is 7.11 Å². The van der Waals surface area contributed by atoms with Crippen molar-refractivity contribution >= 4 is 17.8 Å². The third-order valence-electron chi connectivity index (χ3n) is 3.45. The lowest BCUT2D eigenvalue weighted by Crippen LogP contribution is -2.41. The van der Waals surface area contributed by atoms with Gasteiger partial charge < -0.3 is 14.8 Å². The van der Waals surface area contributed by atoms with Crippen LogP contribution in [-0.4, -0.2) is 36.6 Å². The molecule has 0 aromatic heterocycles. The Balaban J connectivity index is 2.34. The maximum atomic E-state index is 11.9. The molecule has 6 nitrogen and oxygen atoms in total. The van der Waals surface area contributed by atoms with Gasteiger partial charge in [-0.05, 0) is 46.5 Å². The van der Waals surface area contributed by atoms with Crippen molar-refractivity contribution in [1.82, 2.24) is 5.32 Å². The van der Waals surface area contributed by atoms with Crippen LogP contribution in [0.15, 0.2) is 0 Å². The van der Waals surface area contributed by atoms with Crippen LogP contribution in [0.3, 0.4) is 0 Å². The Morgan fingerprint density at radius 1 is 1.10 bits per heavy atom. The number of amides is 1. The summed E-state index contributed by atoms with van der Waals surface area (Å²) in [7, 11) is 1.28. The summed E-state index contributed by atoms with van der Waals surface area (Å²) >= 11 is 0. The fourth-order valence-corrected chi connectivity index (χ4v) is 2.39. The fraction of sp³-hybridized carbons (Fsp3) is 0.800. The summed E-state index contributed by atoms with van der Waals surface area (Å²) < 4.78 is 9.70. The molecule has 1 amide bonds. The smallest absolute Gasteiger partial charge is 0.407 e. The Labute approximate surface area is 125 Å². The van der Waals surface area contributed by atoms with Crippen LogP contribution in [0, 0.1) is 5.92 Å². The molecule has 1 rings (SSSR count). The number of nitrogens with one attached hydrogen (secondary N) is 1. The molecule has 0 heterocycles. The Kier molecular flexibility index (Phi) is 6.18. The Morgan fingerprint density at radius 3 is 2.14 bits per heavy atom. The average Bonchev–Trinajstić information content (AvgIpc) is 2.36. The van der Waals surface area contributed by atoms with Crippen LogP contribution in [0.25, 0.3) is 0 Å². The lowest BCUT2D eigenvalue weighted by Gasteiger charge is -2.29. The average molecular weight is 299 g/mol. The molecule has 0 bridgehead atoms. The number of methoxy groups -OCH3 is 1. The minimum absolute atomic E-state index is 0.0297. The van der Waals surface area contributed by atoms with Crippen LogP contribution in [0.2, 0.25) is 0 Å². The third-order valence-corrected chi connectivity index (χ3v) is 3.45. The molecule has 0 aromatic carbocycles. The Bertz CT molecular complexity index is 391. The van der Waals surface area contributed by atoms with Gasteiger partial charge in [-0.2, -0.15) is 0 Å². The molecule has 0 saturated heterocycles. The molecule has 6 heteroatoms. The number of Topliss-reactive ketones (excluding diaryl/α,β-unsaturated/α-hetero) is 1. The second-order valence-electron chi connectivity index (χ2n) is 6.41. The van der Waals surface area contributed by atoms with Crippen LogP contribution in [0.4, 0.5) is 4.79 Å². The van der Waals surface area contributed by atoms with E-state index < -0.39 is 17.7 Å². The van der Waals surface area contributed by atoms with Gasteiger partial charge in [0, 0.05) is 12.0 Å². The molecular formula is C15H25NO5. The van der Waals surface area contributed by atoms with Gasteiger partial charge in [0.15, 0.2) is 0 Å². The maximum Gasteiger partial charge on any atom is 0.407 e. The van der Waals surface area contributed by atoms with E-state index in [2.05, 4.69) is 10.1 Å². The van der Waals surface area contributed by atoms with Crippen LogP contribution < -0.4 is 5.32 Å². The van der Waals surface area contributed by atoms with Crippen molar-refractivity contribution in [3.8, 4) is 0 Å². The highest BCUT2D eigenvalue weighted by Gasteiger charge is 2.29. The fourth-order valence-electron chi connectivity index (χ4n) is 2.39. The minimum Gasteiger partial charge on any atom is -0.469 e. The van der Waals surface area contributed by atoms with Crippen LogP contribution in [0.5, 0.6) is 0 Å². The molecular weight excluding hydrogens is 274 g/mol. The molecule has 21 heavy (non-hydrogen) atoms. The summed E-state index contributed by atoms with van der Waals surface area (Å²) in [5.74, 6) is -0.674. The number of hydrogen-bond donors (Lipinski definition) is 1. The first-order valence-corrected chi connectivity index (χ1v) is 7.30. The summed E-state index contributed by atoms with van der Waals surface area (Å²) in [5.41, 5.74) is -0.516. The van der Waals surface area contributed by atoms with Gasteiger partial charge >= 0.3 is 12.1 Å². The lowest BCUT2D eigenvalue weighted by molar-refractivity contribution is -0.144. The van der Waals surface area contributed by atoms with Crippen molar-refractivity contribution in [3.05, 3.63) is 0 Å². The summed E-state index contributed by atoms with van der Waals surface area (Å²) in [6.07, 6.45) is 2.21. The van der Waals surface area contributed by atoms with Crippen LogP contribution >= 0.6 is 0 Å². The molecule has 0 aliphatic heterocycles. The molecule has 1 aliphatic carbocycles. The van der Waals surface area contributed by atoms with Crippen molar-refractivity contribution in [2.75, 3.05) is 7.11 Å². The molecule has 1 N–H and O–H groups in total. The molecule has 0 unspecified atom stereocenters. The number of hydrogen-bond acceptors (Lipinski definition) is 5. The number of carbonyl (C=O) groups excluding carboxylic acids is 3. The SMILES string of the molecule is COC(=O)CC(=O)C1CCC(NC(=O)OC(C)(C)C)CC1. The highest BCUT2D eigenvalue weighted by molar-refractivity contribution is 5.96. The first-order chi connectivity index (χ1) is 9.71. The number of esters is 1. The van der Waals surface area contributed by atoms with E-state index in [0.29, 0.717) is 12.8 Å². The van der Waals surface area contributed by atoms with E-state index in [4.69, 9.17) is 4.74 Å². The monoisotopic (exact) mass is 299 g/mol. The van der Waals surface area contributed by atoms with Crippen molar-refractivity contribution in [1.29, 1.82) is 0 Å². The van der Waals surface area contributed by atoms with E-state index in [-0.39, 0.29) is 24.2 Å². The maximum absolute atomic E-state index is 11.9. The van der Waals surface area contributed by atoms with E-state index in [9.17, 15) is 14.4 Å². The topological polar surface area (TPSA) is 81.7 Å². The predicted octanol–water partition coefficient (Wildman–Crippen LogP) is 2.20. The molecule has 0 aromatic rings. The second-order valence-corrected chi connectivity index (χ2v) is 6.41. The Morgan fingerprint density at radius 2 is 1.67 bits per heavy atom. The number of ether oxygens (including phenoxy) is 2. The highest BCUT2D eigenvalue weighted by atomic mass is 16.6. The molecule has 1 saturated carbocycles. The summed E-state index contributed by atoms with van der Waals surface area (Å²) in [6.45, 7) is 5.44. The summed E-state index contributed by atoms with van der Waals surface area (Å²) in [4.78, 5) is 34.6. The first kappa shape index (κ1) is 17.5. The number of carbonyl (C=O) groups is 3. The van der Waals surface area contributed by atoms with Gasteiger partial charge in [-0.15, -0.1) is 0 Å².